The molecule has 1 aromatic rings. The van der Waals surface area contributed by atoms with Crippen LogP contribution in [0.25, 0.3) is 0 Å². The number of aromatic hydroxyl groups is 1. The lowest BCUT2D eigenvalue weighted by molar-refractivity contribution is 0.471. The second kappa shape index (κ2) is 4.47. The second-order valence-corrected chi connectivity index (χ2v) is 4.01. The fraction of sp³-hybridized carbons (Fsp3) is 0.500. The minimum Gasteiger partial charge on any atom is -0.508 e. The number of phenolic OH excluding ortho intramolecular Hbond substituents is 1. The highest BCUT2D eigenvalue weighted by Gasteiger charge is 2.13. The van der Waals surface area contributed by atoms with Crippen LogP contribution in [0.3, 0.4) is 0 Å². The Morgan fingerprint density at radius 1 is 1.36 bits per heavy atom. The Morgan fingerprint density at radius 2 is 2.00 bits per heavy atom. The molecule has 1 aromatic carbocycles. The Labute approximate surface area is 85.8 Å². The van der Waals surface area contributed by atoms with Gasteiger partial charge < -0.3 is 10.8 Å². The van der Waals surface area contributed by atoms with Crippen molar-refractivity contribution in [2.24, 2.45) is 11.7 Å². The van der Waals surface area contributed by atoms with Gasteiger partial charge in [-0.25, -0.2) is 0 Å². The standard InChI is InChI=1S/C12H19NO/c1-4-9-7-10(14)5-6-11(9)12(13)8(2)3/h5-8,12,14H,4,13H2,1-3H3. The van der Waals surface area contributed by atoms with Crippen molar-refractivity contribution in [3.8, 4) is 5.75 Å². The van der Waals surface area contributed by atoms with Gasteiger partial charge in [0, 0.05) is 6.04 Å². The number of hydrogen-bond acceptors (Lipinski definition) is 2. The normalized spacial score (nSPS) is 13.2. The monoisotopic (exact) mass is 193 g/mol. The van der Waals surface area contributed by atoms with E-state index in [0.29, 0.717) is 11.7 Å². The zero-order chi connectivity index (χ0) is 10.7. The van der Waals surface area contributed by atoms with Gasteiger partial charge in [0.25, 0.3) is 0 Å². The lowest BCUT2D eigenvalue weighted by Gasteiger charge is -2.19. The first-order valence-corrected chi connectivity index (χ1v) is 5.13. The molecular weight excluding hydrogens is 174 g/mol. The number of rotatable bonds is 3. The first kappa shape index (κ1) is 11.1. The van der Waals surface area contributed by atoms with Crippen molar-refractivity contribution in [3.05, 3.63) is 29.3 Å². The fourth-order valence-electron chi connectivity index (χ4n) is 1.58. The summed E-state index contributed by atoms with van der Waals surface area (Å²) in [6.45, 7) is 6.29. The van der Waals surface area contributed by atoms with E-state index in [2.05, 4.69) is 20.8 Å². The molecule has 1 rings (SSSR count). The molecule has 0 fully saturated rings. The van der Waals surface area contributed by atoms with Gasteiger partial charge in [-0.2, -0.15) is 0 Å². The molecule has 0 bridgehead atoms. The highest BCUT2D eigenvalue weighted by atomic mass is 16.3. The van der Waals surface area contributed by atoms with Crippen molar-refractivity contribution >= 4 is 0 Å². The van der Waals surface area contributed by atoms with E-state index in [1.165, 1.54) is 0 Å². The van der Waals surface area contributed by atoms with E-state index in [9.17, 15) is 5.11 Å². The van der Waals surface area contributed by atoms with Crippen molar-refractivity contribution in [1.82, 2.24) is 0 Å². The van der Waals surface area contributed by atoms with Crippen LogP contribution < -0.4 is 5.73 Å². The zero-order valence-electron chi connectivity index (χ0n) is 9.12. The maximum atomic E-state index is 9.35. The predicted octanol–water partition coefficient (Wildman–Crippen LogP) is 2.61. The van der Waals surface area contributed by atoms with Crippen molar-refractivity contribution in [1.29, 1.82) is 0 Å². The van der Waals surface area contributed by atoms with Crippen LogP contribution >= 0.6 is 0 Å². The molecule has 0 saturated heterocycles. The van der Waals surface area contributed by atoms with Crippen molar-refractivity contribution in [2.75, 3.05) is 0 Å². The first-order valence-electron chi connectivity index (χ1n) is 5.13. The summed E-state index contributed by atoms with van der Waals surface area (Å²) in [6, 6.07) is 5.50. The molecule has 0 aliphatic rings. The number of hydrogen-bond donors (Lipinski definition) is 2. The van der Waals surface area contributed by atoms with Gasteiger partial charge in [-0.15, -0.1) is 0 Å². The Morgan fingerprint density at radius 3 is 2.50 bits per heavy atom. The summed E-state index contributed by atoms with van der Waals surface area (Å²) in [5.41, 5.74) is 8.38. The van der Waals surface area contributed by atoms with Gasteiger partial charge in [-0.05, 0) is 35.6 Å². The Balaban J connectivity index is 3.07. The number of phenols is 1. The third-order valence-electron chi connectivity index (χ3n) is 2.58. The maximum absolute atomic E-state index is 9.35. The predicted molar refractivity (Wildman–Crippen MR) is 59.3 cm³/mol. The molecule has 0 heterocycles. The molecule has 78 valence electrons. The highest BCUT2D eigenvalue weighted by Crippen LogP contribution is 2.25. The average molecular weight is 193 g/mol. The largest absolute Gasteiger partial charge is 0.508 e. The van der Waals surface area contributed by atoms with Crippen molar-refractivity contribution in [3.63, 3.8) is 0 Å². The van der Waals surface area contributed by atoms with Crippen LogP contribution in [0, 0.1) is 5.92 Å². The number of nitrogens with two attached hydrogens (primary N) is 1. The van der Waals surface area contributed by atoms with Gasteiger partial charge in [0.05, 0.1) is 0 Å². The lowest BCUT2D eigenvalue weighted by Crippen LogP contribution is -2.18. The Kier molecular flexibility index (Phi) is 3.53. The smallest absolute Gasteiger partial charge is 0.115 e. The van der Waals surface area contributed by atoms with Crippen LogP contribution in [0.4, 0.5) is 0 Å². The molecule has 3 N–H and O–H groups in total. The topological polar surface area (TPSA) is 46.2 Å². The summed E-state index contributed by atoms with van der Waals surface area (Å²) >= 11 is 0. The molecule has 2 heteroatoms. The molecule has 0 aromatic heterocycles. The molecule has 1 atom stereocenters. The summed E-state index contributed by atoms with van der Waals surface area (Å²) in [5, 5.41) is 9.35. The lowest BCUT2D eigenvalue weighted by atomic mass is 9.92. The molecule has 0 radical (unpaired) electrons. The van der Waals surface area contributed by atoms with E-state index >= 15 is 0 Å². The van der Waals surface area contributed by atoms with E-state index in [-0.39, 0.29) is 6.04 Å². The van der Waals surface area contributed by atoms with Gasteiger partial charge in [-0.3, -0.25) is 0 Å². The molecule has 0 amide bonds. The molecular formula is C12H19NO. The van der Waals surface area contributed by atoms with Gasteiger partial charge in [0.2, 0.25) is 0 Å². The van der Waals surface area contributed by atoms with Crippen molar-refractivity contribution < 1.29 is 5.11 Å². The van der Waals surface area contributed by atoms with Gasteiger partial charge in [-0.1, -0.05) is 26.8 Å². The summed E-state index contributed by atoms with van der Waals surface area (Å²) in [4.78, 5) is 0. The third-order valence-corrected chi connectivity index (χ3v) is 2.58. The van der Waals surface area contributed by atoms with Crippen LogP contribution in [0.1, 0.15) is 37.9 Å². The molecule has 0 aliphatic carbocycles. The van der Waals surface area contributed by atoms with E-state index in [1.54, 1.807) is 12.1 Å². The van der Waals surface area contributed by atoms with Crippen LogP contribution in [0.2, 0.25) is 0 Å². The van der Waals surface area contributed by atoms with E-state index in [1.807, 2.05) is 6.07 Å². The summed E-state index contributed by atoms with van der Waals surface area (Å²) in [5.74, 6) is 0.742. The summed E-state index contributed by atoms with van der Waals surface area (Å²) in [7, 11) is 0. The zero-order valence-corrected chi connectivity index (χ0v) is 9.12. The molecule has 0 aliphatic heterocycles. The molecule has 0 spiro atoms. The quantitative estimate of drug-likeness (QED) is 0.775. The van der Waals surface area contributed by atoms with Crippen molar-refractivity contribution in [2.45, 2.75) is 33.2 Å². The SMILES string of the molecule is CCc1cc(O)ccc1C(N)C(C)C. The second-order valence-electron chi connectivity index (χ2n) is 4.01. The van der Waals surface area contributed by atoms with E-state index in [0.717, 1.165) is 17.5 Å². The maximum Gasteiger partial charge on any atom is 0.115 e. The Hall–Kier alpha value is -1.02. The minimum absolute atomic E-state index is 0.0607. The first-order chi connectivity index (χ1) is 6.56. The fourth-order valence-corrected chi connectivity index (χ4v) is 1.58. The van der Waals surface area contributed by atoms with Gasteiger partial charge in [0.15, 0.2) is 0 Å². The molecule has 14 heavy (non-hydrogen) atoms. The van der Waals surface area contributed by atoms with Crippen LogP contribution in [-0.2, 0) is 6.42 Å². The van der Waals surface area contributed by atoms with E-state index < -0.39 is 0 Å². The molecule has 1 unspecified atom stereocenters. The Bertz CT molecular complexity index is 307. The number of benzene rings is 1. The van der Waals surface area contributed by atoms with Crippen LogP contribution in [0.5, 0.6) is 5.75 Å². The number of aryl methyl sites for hydroxylation is 1. The summed E-state index contributed by atoms with van der Waals surface area (Å²) < 4.78 is 0. The van der Waals surface area contributed by atoms with E-state index in [4.69, 9.17) is 5.73 Å². The van der Waals surface area contributed by atoms with Gasteiger partial charge >= 0.3 is 0 Å². The third kappa shape index (κ3) is 2.26. The highest BCUT2D eigenvalue weighted by molar-refractivity contribution is 5.36. The summed E-state index contributed by atoms with van der Waals surface area (Å²) in [6.07, 6.45) is 0.907. The molecule has 0 saturated carbocycles. The van der Waals surface area contributed by atoms with Gasteiger partial charge in [0.1, 0.15) is 5.75 Å². The average Bonchev–Trinajstić information content (AvgIpc) is 2.16. The molecule has 2 nitrogen and oxygen atoms in total. The van der Waals surface area contributed by atoms with Crippen LogP contribution in [-0.4, -0.2) is 5.11 Å². The minimum atomic E-state index is 0.0607. The van der Waals surface area contributed by atoms with Crippen LogP contribution in [0.15, 0.2) is 18.2 Å².